The van der Waals surface area contributed by atoms with Gasteiger partial charge < -0.3 is 0 Å². The van der Waals surface area contributed by atoms with Crippen molar-refractivity contribution in [2.75, 3.05) is 0 Å². The van der Waals surface area contributed by atoms with Gasteiger partial charge in [-0.05, 0) is 13.8 Å². The number of carbonyl (C=O) groups is 2. The number of nitrogens with two attached hydrogens (primary N) is 1. The Morgan fingerprint density at radius 1 is 1.09 bits per heavy atom. The molecule has 0 amide bonds. The van der Waals surface area contributed by atoms with Crippen LogP contribution >= 0.6 is 28.8 Å². The number of carboxylic acids is 1. The molecule has 35 heavy (non-hydrogen) atoms. The average molecular weight is 619 g/mol. The molecule has 1 spiro atoms. The van der Waals surface area contributed by atoms with E-state index < -0.39 is 25.1 Å². The van der Waals surface area contributed by atoms with Gasteiger partial charge in [0, 0.05) is 0 Å². The van der Waals surface area contributed by atoms with Crippen molar-refractivity contribution in [1.82, 2.24) is 0 Å². The molecule has 5 rings (SSSR count). The van der Waals surface area contributed by atoms with Crippen LogP contribution in [0.4, 0.5) is 0 Å². The number of esters is 1. The molecule has 1 saturated heterocycles. The topological polar surface area (TPSA) is 108 Å². The summed E-state index contributed by atoms with van der Waals surface area (Å²) in [6, 6.07) is 0. The Kier molecular flexibility index (Phi) is 6.85. The van der Waals surface area contributed by atoms with E-state index in [0.29, 0.717) is 18.3 Å². The minimum atomic E-state index is -0.993. The first-order valence-corrected chi connectivity index (χ1v) is 17.2. The number of ether oxygens (including phenoxy) is 2. The van der Waals surface area contributed by atoms with Crippen LogP contribution in [-0.4, -0.2) is 52.5 Å². The maximum atomic E-state index is 12.7. The van der Waals surface area contributed by atoms with Gasteiger partial charge in [-0.25, -0.2) is 0 Å². The van der Waals surface area contributed by atoms with Gasteiger partial charge in [0.1, 0.15) is 0 Å². The van der Waals surface area contributed by atoms with Crippen LogP contribution in [0, 0.1) is 29.1 Å². The van der Waals surface area contributed by atoms with Gasteiger partial charge in [0.2, 0.25) is 0 Å². The number of hydrogen-bond donors (Lipinski definition) is 3. The first-order valence-electron chi connectivity index (χ1n) is 13.1. The van der Waals surface area contributed by atoms with Crippen LogP contribution in [0.2, 0.25) is 0 Å². The van der Waals surface area contributed by atoms with Crippen molar-refractivity contribution in [3.05, 3.63) is 0 Å². The number of fused-ring (bicyclic) bond motifs is 4. The predicted octanol–water partition coefficient (Wildman–Crippen LogP) is 4.39. The fourth-order valence-corrected chi connectivity index (χ4v) is 10.8. The molecular formula is C25H39BINO6S. The fraction of sp³-hybridized carbons (Fsp3) is 0.920. The number of carbonyl (C=O) groups excluding carboxylic acids is 1. The summed E-state index contributed by atoms with van der Waals surface area (Å²) in [7, 11) is -0.993. The predicted molar refractivity (Wildman–Crippen MR) is 144 cm³/mol. The molecule has 0 aromatic rings. The Hall–Kier alpha value is -0.0351. The Morgan fingerprint density at radius 3 is 2.49 bits per heavy atom. The third-order valence-electron chi connectivity index (χ3n) is 10.7. The van der Waals surface area contributed by atoms with Crippen LogP contribution in [0.3, 0.4) is 0 Å². The summed E-state index contributed by atoms with van der Waals surface area (Å²) in [6.07, 6.45) is 7.03. The molecule has 5 fully saturated rings. The monoisotopic (exact) mass is 619 g/mol. The second-order valence-corrected chi connectivity index (χ2v) is 16.1. The van der Waals surface area contributed by atoms with E-state index in [4.69, 9.17) is 31.0 Å². The van der Waals surface area contributed by atoms with Crippen LogP contribution in [0.5, 0.6) is 0 Å². The number of halogens is 1. The number of hydrogen-bond acceptors (Lipinski definition) is 6. The number of thiol groups is 1. The third kappa shape index (κ3) is 4.10. The van der Waals surface area contributed by atoms with Crippen LogP contribution in [0.25, 0.3) is 0 Å². The molecular weight excluding hydrogens is 580 g/mol. The second-order valence-electron chi connectivity index (χ2n) is 12.5. The molecule has 10 heteroatoms. The van der Waals surface area contributed by atoms with Crippen molar-refractivity contribution in [2.24, 2.45) is 34.8 Å². The Bertz CT molecular complexity index is 987. The molecule has 1 aliphatic heterocycles. The van der Waals surface area contributed by atoms with Crippen molar-refractivity contribution >= 4 is 47.3 Å². The molecule has 0 bridgehead atoms. The van der Waals surface area contributed by atoms with E-state index in [1.54, 1.807) is 0 Å². The van der Waals surface area contributed by atoms with Gasteiger partial charge in [-0.3, -0.25) is 0 Å². The van der Waals surface area contributed by atoms with Crippen LogP contribution in [0.15, 0.2) is 0 Å². The van der Waals surface area contributed by atoms with Crippen LogP contribution < -0.4 is 5.73 Å². The summed E-state index contributed by atoms with van der Waals surface area (Å²) in [5.41, 5.74) is 6.56. The standard InChI is InChI=1S/C25H39BINO6S/c1-22(2)19-8-10-24(28)16-13-18(32-21(31)5-4-20(29)30)17-12-14(33-35(26)27)6-9-23(17,3)15(16)7-11-25(19,24)34-22/h14-19,35H,4-13,28H2,1-3H3,(H,29,30)/t14-,15-,16+,17+,18-,19?,23+,24?,25-/m0/s1. The number of aliphatic carboxylic acids is 1. The summed E-state index contributed by atoms with van der Waals surface area (Å²) >= 11 is 2.15. The van der Waals surface area contributed by atoms with Gasteiger partial charge in [0.25, 0.3) is 0 Å². The third-order valence-corrected chi connectivity index (χ3v) is 11.9. The van der Waals surface area contributed by atoms with E-state index in [1.807, 2.05) is 0 Å². The van der Waals surface area contributed by atoms with Gasteiger partial charge in [0.15, 0.2) is 0 Å². The molecule has 4 aliphatic carbocycles. The quantitative estimate of drug-likeness (QED) is 0.182. The van der Waals surface area contributed by atoms with Gasteiger partial charge in [0.05, 0.1) is 0 Å². The van der Waals surface area contributed by atoms with Crippen molar-refractivity contribution in [3.8, 4) is 0 Å². The Balaban J connectivity index is 1.45. The number of rotatable bonds is 5. The first kappa shape index (κ1) is 26.6. The van der Waals surface area contributed by atoms with Gasteiger partial charge >= 0.3 is 211 Å². The van der Waals surface area contributed by atoms with E-state index in [-0.39, 0.29) is 53.5 Å². The van der Waals surface area contributed by atoms with E-state index in [2.05, 4.69) is 42.0 Å². The fourth-order valence-electron chi connectivity index (χ4n) is 9.35. The zero-order valence-corrected chi connectivity index (χ0v) is 24.1. The molecule has 3 unspecified atom stereocenters. The van der Waals surface area contributed by atoms with Crippen molar-refractivity contribution in [1.29, 1.82) is 0 Å². The summed E-state index contributed by atoms with van der Waals surface area (Å²) in [6.45, 7) is 12.8. The van der Waals surface area contributed by atoms with E-state index in [0.717, 1.165) is 44.9 Å². The first-order chi connectivity index (χ1) is 16.3. The Labute approximate surface area is 223 Å². The summed E-state index contributed by atoms with van der Waals surface area (Å²) < 4.78 is 18.9. The molecule has 0 radical (unpaired) electrons. The molecule has 7 nitrogen and oxygen atoms in total. The zero-order valence-electron chi connectivity index (χ0n) is 21.0. The normalized spacial score (nSPS) is 48.4. The summed E-state index contributed by atoms with van der Waals surface area (Å²) in [5.74, 6) is -0.140. The second kappa shape index (κ2) is 9.02. The van der Waals surface area contributed by atoms with E-state index >= 15 is 0 Å². The Morgan fingerprint density at radius 2 is 1.83 bits per heavy atom. The molecule has 10 atom stereocenters. The van der Waals surface area contributed by atoms with Crippen molar-refractivity contribution in [2.45, 2.75) is 114 Å². The molecule has 5 aliphatic rings. The van der Waals surface area contributed by atoms with Crippen LogP contribution in [0.1, 0.15) is 85.0 Å². The number of carboxylic acid groups (broad SMARTS) is 1. The summed E-state index contributed by atoms with van der Waals surface area (Å²) in [4.78, 5) is 23.8. The summed E-state index contributed by atoms with van der Waals surface area (Å²) in [5, 5.41) is 9.04. The molecule has 0 aromatic carbocycles. The molecule has 4 saturated carbocycles. The van der Waals surface area contributed by atoms with E-state index in [1.165, 1.54) is 0 Å². The molecule has 0 aromatic heterocycles. The SMILES string of the molecule is B#[SH](I)O[C@H]1CC[C@@]2(C)[C@H](C1)[C@@H](OC(=O)CCC(=O)O)C[C@@H]1[C@@H]2CC[C@]23OC(C)(C)C2CCC13N. The van der Waals surface area contributed by atoms with Gasteiger partial charge in [-0.15, -0.1) is 0 Å². The maximum absolute atomic E-state index is 12.7. The molecule has 3 N–H and O–H groups in total. The minimum absolute atomic E-state index is 0.0194. The van der Waals surface area contributed by atoms with E-state index in [9.17, 15) is 9.59 Å². The van der Waals surface area contributed by atoms with Crippen LogP contribution in [-0.2, 0) is 23.2 Å². The van der Waals surface area contributed by atoms with Crippen molar-refractivity contribution in [3.63, 3.8) is 0 Å². The molecule has 196 valence electrons. The zero-order chi connectivity index (χ0) is 25.4. The van der Waals surface area contributed by atoms with Crippen molar-refractivity contribution < 1.29 is 28.4 Å². The van der Waals surface area contributed by atoms with Gasteiger partial charge in [-0.2, -0.15) is 0 Å². The van der Waals surface area contributed by atoms with Gasteiger partial charge in [-0.1, -0.05) is 0 Å². The average Bonchev–Trinajstić information content (AvgIpc) is 3.02. The molecule has 1 heterocycles.